The molecule has 0 saturated heterocycles. The van der Waals surface area contributed by atoms with Crippen molar-refractivity contribution in [2.24, 2.45) is 0 Å². The highest BCUT2D eigenvalue weighted by Gasteiger charge is 2.21. The van der Waals surface area contributed by atoms with Crippen LogP contribution in [0.1, 0.15) is 0 Å². The third kappa shape index (κ3) is 5.45. The second kappa shape index (κ2) is 12.6. The highest BCUT2D eigenvalue weighted by atomic mass is 14.8. The average molecular weight is 700 g/mol. The average Bonchev–Trinajstić information content (AvgIpc) is 3.65. The molecule has 11 rings (SSSR count). The number of aromatic nitrogens is 3. The normalized spacial score (nSPS) is 11.6. The first kappa shape index (κ1) is 31.2. The molecule has 4 heterocycles. The van der Waals surface area contributed by atoms with Crippen molar-refractivity contribution in [1.82, 2.24) is 15.0 Å². The first-order valence-corrected chi connectivity index (χ1v) is 18.7. The van der Waals surface area contributed by atoms with Gasteiger partial charge in [0.15, 0.2) is 0 Å². The summed E-state index contributed by atoms with van der Waals surface area (Å²) >= 11 is 0. The fourth-order valence-electron chi connectivity index (χ4n) is 8.17. The second-order valence-corrected chi connectivity index (χ2v) is 14.3. The molecule has 1 N–H and O–H groups in total. The van der Waals surface area contributed by atoms with E-state index >= 15 is 0 Å². The summed E-state index contributed by atoms with van der Waals surface area (Å²) in [6, 6.07) is 69.5. The van der Waals surface area contributed by atoms with Crippen molar-refractivity contribution in [2.75, 3.05) is 0 Å². The molecule has 0 atom stereocenters. The number of hydrogen-bond acceptors (Lipinski definition) is 2. The van der Waals surface area contributed by atoms with Crippen LogP contribution in [0.5, 0.6) is 0 Å². The van der Waals surface area contributed by atoms with Crippen LogP contribution in [0, 0.1) is 0 Å². The second-order valence-electron chi connectivity index (χ2n) is 14.3. The van der Waals surface area contributed by atoms with E-state index in [0.717, 1.165) is 111 Å². The van der Waals surface area contributed by atoms with E-state index in [1.54, 1.807) is 0 Å². The molecule has 55 heavy (non-hydrogen) atoms. The minimum absolute atomic E-state index is 0.913. The summed E-state index contributed by atoms with van der Waals surface area (Å²) in [7, 11) is 0. The van der Waals surface area contributed by atoms with Crippen molar-refractivity contribution in [2.45, 2.75) is 0 Å². The maximum absolute atomic E-state index is 5.49. The zero-order chi connectivity index (χ0) is 36.3. The maximum atomic E-state index is 5.49. The quantitative estimate of drug-likeness (QED) is 0.199. The zero-order valence-electron chi connectivity index (χ0n) is 29.9. The van der Waals surface area contributed by atoms with Gasteiger partial charge < -0.3 is 4.98 Å². The molecule has 3 heteroatoms. The summed E-state index contributed by atoms with van der Waals surface area (Å²) in [5, 5.41) is 2.29. The Labute approximate surface area is 319 Å². The Morgan fingerprint density at radius 2 is 0.582 bits per heavy atom. The molecule has 0 unspecified atom stereocenters. The Morgan fingerprint density at radius 1 is 0.255 bits per heavy atom. The van der Waals surface area contributed by atoms with Crippen LogP contribution >= 0.6 is 0 Å². The highest BCUT2D eigenvalue weighted by Crippen LogP contribution is 2.44. The lowest BCUT2D eigenvalue weighted by molar-refractivity contribution is 1.30. The van der Waals surface area contributed by atoms with Gasteiger partial charge in [0.2, 0.25) is 0 Å². The molecule has 1 aliphatic rings. The van der Waals surface area contributed by atoms with Crippen LogP contribution in [-0.4, -0.2) is 15.0 Å². The number of nitrogens with one attached hydrogen (secondary N) is 1. The number of hydrogen-bond donors (Lipinski definition) is 1. The number of nitrogens with zero attached hydrogens (tertiary/aromatic N) is 2. The van der Waals surface area contributed by atoms with E-state index in [-0.39, 0.29) is 0 Å². The van der Waals surface area contributed by atoms with Crippen LogP contribution in [0.3, 0.4) is 0 Å². The Hall–Kier alpha value is -7.36. The lowest BCUT2D eigenvalue weighted by Crippen LogP contribution is -1.95. The summed E-state index contributed by atoms with van der Waals surface area (Å²) < 4.78 is 0. The number of benzene rings is 7. The molecule has 3 aromatic heterocycles. The lowest BCUT2D eigenvalue weighted by Gasteiger charge is -2.14. The van der Waals surface area contributed by atoms with Crippen LogP contribution in [0.2, 0.25) is 0 Å². The summed E-state index contributed by atoms with van der Waals surface area (Å²) in [4.78, 5) is 15.0. The molecule has 10 aromatic rings. The van der Waals surface area contributed by atoms with Gasteiger partial charge in [-0.05, 0) is 99.1 Å². The van der Waals surface area contributed by atoms with E-state index in [2.05, 4.69) is 199 Å². The number of rotatable bonds is 4. The Balaban J connectivity index is 1.32. The van der Waals surface area contributed by atoms with Gasteiger partial charge in [0.25, 0.3) is 0 Å². The van der Waals surface area contributed by atoms with Crippen LogP contribution in [0.15, 0.2) is 194 Å². The number of pyridine rings is 2. The third-order valence-electron chi connectivity index (χ3n) is 10.9. The van der Waals surface area contributed by atoms with Gasteiger partial charge in [-0.2, -0.15) is 0 Å². The molecule has 0 fully saturated rings. The predicted octanol–water partition coefficient (Wildman–Crippen LogP) is 13.8. The molecule has 0 radical (unpaired) electrons. The SMILES string of the molecule is c1ccc(-c2cc3nc(c2)-c2cc(-c4ccccc4)cc4c2[nH]c2c(cc(-c5ccccc5)cc24)-c2cc(-c4ccccc4)cc(n2)-c2cccc-3c2)cc1. The maximum Gasteiger partial charge on any atom is 0.0737 e. The van der Waals surface area contributed by atoms with Gasteiger partial charge in [-0.25, -0.2) is 9.97 Å². The van der Waals surface area contributed by atoms with Crippen LogP contribution in [0.4, 0.5) is 0 Å². The largest absolute Gasteiger partial charge is 0.353 e. The standard InChI is InChI=1S/C52H33N3/c1-5-14-33(15-6-1)39-25-43-44-26-40(34-16-7-2-8-17-34)28-46-50-32-42(36-20-11-4-12-21-36)30-48(54-50)38-23-13-22-37(24-38)47-29-41(35-18-9-3-10-19-35)31-49(53-47)45(27-39)51(43)55-52(44)46/h1-32,55H. The van der Waals surface area contributed by atoms with E-state index < -0.39 is 0 Å². The van der Waals surface area contributed by atoms with Gasteiger partial charge in [0, 0.05) is 33.0 Å². The van der Waals surface area contributed by atoms with Crippen molar-refractivity contribution < 1.29 is 0 Å². The van der Waals surface area contributed by atoms with Gasteiger partial charge in [-0.3, -0.25) is 0 Å². The zero-order valence-corrected chi connectivity index (χ0v) is 29.9. The molecular formula is C52H33N3. The molecule has 3 nitrogen and oxygen atoms in total. The fourth-order valence-corrected chi connectivity index (χ4v) is 8.17. The smallest absolute Gasteiger partial charge is 0.0737 e. The van der Waals surface area contributed by atoms with Crippen LogP contribution in [0.25, 0.3) is 111 Å². The van der Waals surface area contributed by atoms with Crippen LogP contribution < -0.4 is 0 Å². The van der Waals surface area contributed by atoms with Gasteiger partial charge in [0.05, 0.1) is 33.8 Å². The lowest BCUT2D eigenvalue weighted by atomic mass is 9.93. The number of aromatic amines is 1. The van der Waals surface area contributed by atoms with Crippen molar-refractivity contribution in [3.05, 3.63) is 194 Å². The Bertz CT molecular complexity index is 2850. The minimum atomic E-state index is 0.913. The van der Waals surface area contributed by atoms with E-state index in [9.17, 15) is 0 Å². The monoisotopic (exact) mass is 699 g/mol. The van der Waals surface area contributed by atoms with Gasteiger partial charge in [-0.15, -0.1) is 0 Å². The van der Waals surface area contributed by atoms with Gasteiger partial charge in [0.1, 0.15) is 0 Å². The van der Waals surface area contributed by atoms with Gasteiger partial charge >= 0.3 is 0 Å². The number of fused-ring (bicyclic) bond motifs is 11. The minimum Gasteiger partial charge on any atom is -0.353 e. The first-order valence-electron chi connectivity index (χ1n) is 18.7. The van der Waals surface area contributed by atoms with Crippen molar-refractivity contribution in [1.29, 1.82) is 0 Å². The highest BCUT2D eigenvalue weighted by molar-refractivity contribution is 6.17. The molecular weight excluding hydrogens is 667 g/mol. The number of H-pyrrole nitrogens is 1. The fraction of sp³-hybridized carbons (Fsp3) is 0. The topological polar surface area (TPSA) is 41.6 Å². The Morgan fingerprint density at radius 3 is 0.964 bits per heavy atom. The summed E-state index contributed by atoms with van der Waals surface area (Å²) in [6.07, 6.45) is 0. The summed E-state index contributed by atoms with van der Waals surface area (Å²) in [5.41, 5.74) is 19.1. The molecule has 0 spiro atoms. The Kier molecular flexibility index (Phi) is 7.17. The molecule has 1 aliphatic heterocycles. The molecule has 7 aromatic carbocycles. The van der Waals surface area contributed by atoms with E-state index in [1.807, 2.05) is 0 Å². The molecule has 256 valence electrons. The van der Waals surface area contributed by atoms with Crippen molar-refractivity contribution >= 4 is 21.8 Å². The molecule has 0 amide bonds. The van der Waals surface area contributed by atoms with E-state index in [4.69, 9.17) is 9.97 Å². The molecule has 8 bridgehead atoms. The predicted molar refractivity (Wildman–Crippen MR) is 228 cm³/mol. The van der Waals surface area contributed by atoms with E-state index in [1.165, 1.54) is 0 Å². The molecule has 0 saturated carbocycles. The van der Waals surface area contributed by atoms with Gasteiger partial charge in [-0.1, -0.05) is 140 Å². The molecule has 0 aliphatic carbocycles. The third-order valence-corrected chi connectivity index (χ3v) is 10.9. The summed E-state index contributed by atoms with van der Waals surface area (Å²) in [6.45, 7) is 0. The summed E-state index contributed by atoms with van der Waals surface area (Å²) in [5.74, 6) is 0. The van der Waals surface area contributed by atoms with E-state index in [0.29, 0.717) is 0 Å². The first-order chi connectivity index (χ1) is 27.2. The van der Waals surface area contributed by atoms with Crippen molar-refractivity contribution in [3.8, 4) is 89.5 Å². The van der Waals surface area contributed by atoms with Crippen molar-refractivity contribution in [3.63, 3.8) is 0 Å². The van der Waals surface area contributed by atoms with Crippen LogP contribution in [-0.2, 0) is 0 Å².